The van der Waals surface area contributed by atoms with Gasteiger partial charge in [-0.15, -0.1) is 0 Å². The highest BCUT2D eigenvalue weighted by molar-refractivity contribution is 5.77. The molecule has 0 aromatic rings. The molecule has 0 aliphatic carbocycles. The average Bonchev–Trinajstić information content (AvgIpc) is 2.13. The monoisotopic (exact) mass is 201 g/mol. The number of nitrogens with two attached hydrogens (primary N) is 2. The summed E-state index contributed by atoms with van der Waals surface area (Å²) < 4.78 is 13.0. The lowest BCUT2D eigenvalue weighted by Gasteiger charge is -2.03. The summed E-state index contributed by atoms with van der Waals surface area (Å²) in [4.78, 5) is 3.89. The number of rotatable bonds is 6. The van der Waals surface area contributed by atoms with Crippen LogP contribution in [0.3, 0.4) is 0 Å². The summed E-state index contributed by atoms with van der Waals surface area (Å²) in [6.45, 7) is 4.08. The fourth-order valence-corrected chi connectivity index (χ4v) is 0.887. The third-order valence-corrected chi connectivity index (χ3v) is 1.88. The van der Waals surface area contributed by atoms with E-state index >= 15 is 0 Å². The topological polar surface area (TPSA) is 64.4 Å². The first-order valence-corrected chi connectivity index (χ1v) is 4.92. The fraction of sp³-hybridized carbons (Fsp3) is 0.700. The highest BCUT2D eigenvalue weighted by Crippen LogP contribution is 2.06. The van der Waals surface area contributed by atoms with E-state index in [1.165, 1.54) is 6.08 Å². The van der Waals surface area contributed by atoms with Crippen molar-refractivity contribution in [1.82, 2.24) is 0 Å². The summed E-state index contributed by atoms with van der Waals surface area (Å²) in [7, 11) is 0. The van der Waals surface area contributed by atoms with Gasteiger partial charge in [0.05, 0.1) is 11.7 Å². The number of halogens is 1. The highest BCUT2D eigenvalue weighted by atomic mass is 19.1. The zero-order valence-corrected chi connectivity index (χ0v) is 8.96. The van der Waals surface area contributed by atoms with Crippen LogP contribution in [0.2, 0.25) is 0 Å². The maximum atomic E-state index is 13.0. The van der Waals surface area contributed by atoms with Gasteiger partial charge < -0.3 is 11.5 Å². The van der Waals surface area contributed by atoms with Crippen LogP contribution in [-0.2, 0) is 0 Å². The van der Waals surface area contributed by atoms with Gasteiger partial charge in [0, 0.05) is 19.0 Å². The molecule has 4 heteroatoms. The SMILES string of the molecule is CC[C@@H](N)C/C=C(/F)CCN=C(C)N. The quantitative estimate of drug-likeness (QED) is 0.508. The van der Waals surface area contributed by atoms with Crippen molar-refractivity contribution in [1.29, 1.82) is 0 Å². The van der Waals surface area contributed by atoms with Crippen molar-refractivity contribution in [3.8, 4) is 0 Å². The summed E-state index contributed by atoms with van der Waals surface area (Å²) >= 11 is 0. The first-order chi connectivity index (χ1) is 6.56. The summed E-state index contributed by atoms with van der Waals surface area (Å²) in [6, 6.07) is 0.0560. The van der Waals surface area contributed by atoms with Gasteiger partial charge in [0.15, 0.2) is 0 Å². The zero-order valence-electron chi connectivity index (χ0n) is 8.96. The van der Waals surface area contributed by atoms with Crippen LogP contribution < -0.4 is 11.5 Å². The molecule has 0 heterocycles. The van der Waals surface area contributed by atoms with E-state index in [1.54, 1.807) is 6.92 Å². The second-order valence-corrected chi connectivity index (χ2v) is 3.33. The lowest BCUT2D eigenvalue weighted by Crippen LogP contribution is -2.17. The third-order valence-electron chi connectivity index (χ3n) is 1.88. The Hall–Kier alpha value is -0.900. The summed E-state index contributed by atoms with van der Waals surface area (Å²) in [6.07, 6.45) is 3.30. The molecule has 0 aliphatic rings. The number of amidine groups is 1. The maximum absolute atomic E-state index is 13.0. The molecule has 0 amide bonds. The minimum absolute atomic E-state index is 0.0560. The maximum Gasteiger partial charge on any atom is 0.0978 e. The molecule has 0 spiro atoms. The van der Waals surface area contributed by atoms with Crippen LogP contribution in [0.15, 0.2) is 16.9 Å². The second kappa shape index (κ2) is 7.50. The van der Waals surface area contributed by atoms with Gasteiger partial charge in [-0.25, -0.2) is 4.39 Å². The van der Waals surface area contributed by atoms with Gasteiger partial charge >= 0.3 is 0 Å². The van der Waals surface area contributed by atoms with Gasteiger partial charge in [0.1, 0.15) is 0 Å². The van der Waals surface area contributed by atoms with Crippen molar-refractivity contribution in [2.24, 2.45) is 16.5 Å². The van der Waals surface area contributed by atoms with Gasteiger partial charge in [-0.2, -0.15) is 0 Å². The van der Waals surface area contributed by atoms with E-state index in [4.69, 9.17) is 11.5 Å². The largest absolute Gasteiger partial charge is 0.388 e. The predicted octanol–water partition coefficient (Wildman–Crippen LogP) is 1.73. The Morgan fingerprint density at radius 1 is 1.57 bits per heavy atom. The Morgan fingerprint density at radius 3 is 2.71 bits per heavy atom. The molecule has 1 atom stereocenters. The van der Waals surface area contributed by atoms with Crippen molar-refractivity contribution in [3.63, 3.8) is 0 Å². The van der Waals surface area contributed by atoms with Crippen molar-refractivity contribution < 1.29 is 4.39 Å². The number of hydrogen-bond acceptors (Lipinski definition) is 2. The van der Waals surface area contributed by atoms with Crippen LogP contribution in [0.25, 0.3) is 0 Å². The lowest BCUT2D eigenvalue weighted by molar-refractivity contribution is 0.573. The molecule has 0 unspecified atom stereocenters. The van der Waals surface area contributed by atoms with Crippen LogP contribution in [0.5, 0.6) is 0 Å². The minimum atomic E-state index is -0.154. The molecular weight excluding hydrogens is 181 g/mol. The van der Waals surface area contributed by atoms with Crippen LogP contribution in [0.1, 0.15) is 33.1 Å². The Balaban J connectivity index is 3.72. The lowest BCUT2D eigenvalue weighted by atomic mass is 10.1. The van der Waals surface area contributed by atoms with Gasteiger partial charge in [-0.05, 0) is 19.8 Å². The van der Waals surface area contributed by atoms with E-state index in [1.807, 2.05) is 6.92 Å². The number of hydrogen-bond donors (Lipinski definition) is 2. The molecule has 0 aliphatic heterocycles. The van der Waals surface area contributed by atoms with Crippen molar-refractivity contribution in [2.45, 2.75) is 39.2 Å². The van der Waals surface area contributed by atoms with Gasteiger partial charge in [0.2, 0.25) is 0 Å². The molecule has 14 heavy (non-hydrogen) atoms. The van der Waals surface area contributed by atoms with E-state index in [0.717, 1.165) is 6.42 Å². The molecule has 0 fully saturated rings. The molecule has 3 nitrogen and oxygen atoms in total. The highest BCUT2D eigenvalue weighted by Gasteiger charge is 1.98. The summed E-state index contributed by atoms with van der Waals surface area (Å²) in [5.41, 5.74) is 10.9. The second-order valence-electron chi connectivity index (χ2n) is 3.33. The Kier molecular flexibility index (Phi) is 7.02. The molecule has 0 saturated heterocycles. The van der Waals surface area contributed by atoms with E-state index in [-0.39, 0.29) is 11.9 Å². The molecule has 0 aromatic carbocycles. The zero-order chi connectivity index (χ0) is 11.0. The fourth-order valence-electron chi connectivity index (χ4n) is 0.887. The van der Waals surface area contributed by atoms with Crippen LogP contribution >= 0.6 is 0 Å². The number of aliphatic imine (C=N–C) groups is 1. The Morgan fingerprint density at radius 2 is 2.21 bits per heavy atom. The molecule has 0 saturated carbocycles. The third kappa shape index (κ3) is 7.73. The van der Waals surface area contributed by atoms with E-state index in [0.29, 0.717) is 25.2 Å². The van der Waals surface area contributed by atoms with Crippen molar-refractivity contribution in [3.05, 3.63) is 11.9 Å². The van der Waals surface area contributed by atoms with Gasteiger partial charge in [0.25, 0.3) is 0 Å². The summed E-state index contributed by atoms with van der Waals surface area (Å²) in [5.74, 6) is 0.335. The molecule has 0 radical (unpaired) electrons. The molecule has 0 aromatic heterocycles. The van der Waals surface area contributed by atoms with Gasteiger partial charge in [-0.3, -0.25) is 4.99 Å². The minimum Gasteiger partial charge on any atom is -0.388 e. The van der Waals surface area contributed by atoms with Crippen molar-refractivity contribution >= 4 is 5.84 Å². The predicted molar refractivity (Wildman–Crippen MR) is 58.9 cm³/mol. The number of nitrogens with zero attached hydrogens (tertiary/aromatic N) is 1. The van der Waals surface area contributed by atoms with E-state index < -0.39 is 0 Å². The molecule has 0 rings (SSSR count). The summed E-state index contributed by atoms with van der Waals surface area (Å²) in [5, 5.41) is 0. The van der Waals surface area contributed by atoms with E-state index in [9.17, 15) is 4.39 Å². The molecule has 4 N–H and O–H groups in total. The standard InChI is InChI=1S/C10H20FN3/c1-3-10(13)5-4-9(11)6-7-14-8(2)12/h4,10H,3,5-7,13H2,1-2H3,(H2,12,14)/b9-4+/t10-/m1/s1. The van der Waals surface area contributed by atoms with Crippen LogP contribution in [0, 0.1) is 0 Å². The molecule has 0 bridgehead atoms. The normalized spacial score (nSPS) is 15.7. The Bertz CT molecular complexity index is 207. The first kappa shape index (κ1) is 13.1. The van der Waals surface area contributed by atoms with Crippen LogP contribution in [0.4, 0.5) is 4.39 Å². The van der Waals surface area contributed by atoms with Crippen molar-refractivity contribution in [2.75, 3.05) is 6.54 Å². The molecular formula is C10H20FN3. The van der Waals surface area contributed by atoms with Crippen LogP contribution in [-0.4, -0.2) is 18.4 Å². The van der Waals surface area contributed by atoms with E-state index in [2.05, 4.69) is 4.99 Å². The van der Waals surface area contributed by atoms with Gasteiger partial charge in [-0.1, -0.05) is 13.0 Å². The smallest absolute Gasteiger partial charge is 0.0978 e. The Labute approximate surface area is 85.1 Å². The molecule has 82 valence electrons. The average molecular weight is 201 g/mol. The first-order valence-electron chi connectivity index (χ1n) is 4.92.